The molecule has 0 bridgehead atoms. The Bertz CT molecular complexity index is 554. The van der Waals surface area contributed by atoms with Gasteiger partial charge in [-0.15, -0.1) is 0 Å². The van der Waals surface area contributed by atoms with E-state index < -0.39 is 0 Å². The molecule has 1 aromatic carbocycles. The number of hydrogen-bond acceptors (Lipinski definition) is 4. The van der Waals surface area contributed by atoms with Crippen molar-refractivity contribution in [2.75, 3.05) is 19.7 Å². The Balaban J connectivity index is 1.66. The normalized spacial score (nSPS) is 20.3. The van der Waals surface area contributed by atoms with Crippen molar-refractivity contribution in [2.24, 2.45) is 16.8 Å². The largest absolute Gasteiger partial charge is 0.493 e. The monoisotopic (exact) mass is 309 g/mol. The summed E-state index contributed by atoms with van der Waals surface area (Å²) < 4.78 is 5.75. The van der Waals surface area contributed by atoms with Gasteiger partial charge in [0.05, 0.1) is 6.61 Å². The summed E-state index contributed by atoms with van der Waals surface area (Å²) in [5, 5.41) is 12.6. The molecule has 1 saturated heterocycles. The summed E-state index contributed by atoms with van der Waals surface area (Å²) in [5.41, 5.74) is 8.06. The van der Waals surface area contributed by atoms with Crippen LogP contribution in [0.25, 0.3) is 0 Å². The van der Waals surface area contributed by atoms with Crippen LogP contribution < -0.4 is 10.5 Å². The van der Waals surface area contributed by atoms with Crippen molar-refractivity contribution in [1.29, 1.82) is 0 Å². The summed E-state index contributed by atoms with van der Waals surface area (Å²) in [5.74, 6) is 1.55. The number of halogens is 1. The van der Waals surface area contributed by atoms with Crippen molar-refractivity contribution in [3.05, 3.63) is 28.3 Å². The van der Waals surface area contributed by atoms with Crippen molar-refractivity contribution in [1.82, 2.24) is 4.90 Å². The molecule has 1 fully saturated rings. The van der Waals surface area contributed by atoms with Gasteiger partial charge in [-0.05, 0) is 43.6 Å². The maximum atomic E-state index is 8.74. The molecule has 3 N–H and O–H groups in total. The number of nitrogens with two attached hydrogens (primary N) is 1. The average Bonchev–Trinajstić information content (AvgIpc) is 2.95. The van der Waals surface area contributed by atoms with Crippen molar-refractivity contribution in [2.45, 2.75) is 25.8 Å². The number of hydrogen-bond donors (Lipinski definition) is 2. The first-order valence-corrected chi connectivity index (χ1v) is 7.69. The van der Waals surface area contributed by atoms with E-state index in [0.717, 1.165) is 61.8 Å². The van der Waals surface area contributed by atoms with Crippen molar-refractivity contribution >= 4 is 17.4 Å². The van der Waals surface area contributed by atoms with Gasteiger partial charge in [-0.2, -0.15) is 0 Å². The van der Waals surface area contributed by atoms with Crippen molar-refractivity contribution in [3.63, 3.8) is 0 Å². The third kappa shape index (κ3) is 3.09. The van der Waals surface area contributed by atoms with Crippen molar-refractivity contribution < 1.29 is 9.94 Å². The van der Waals surface area contributed by atoms with E-state index in [1.54, 1.807) is 0 Å². The van der Waals surface area contributed by atoms with Gasteiger partial charge in [0.15, 0.2) is 0 Å². The van der Waals surface area contributed by atoms with Crippen LogP contribution in [0.15, 0.2) is 17.3 Å². The molecular formula is C15H20ClN3O2. The number of fused-ring (bicyclic) bond motifs is 1. The summed E-state index contributed by atoms with van der Waals surface area (Å²) in [7, 11) is 0. The Kier molecular flexibility index (Phi) is 4.22. The Labute approximate surface area is 129 Å². The quantitative estimate of drug-likeness (QED) is 0.389. The first kappa shape index (κ1) is 14.5. The standard InChI is InChI=1S/C15H20ClN3O2/c16-13-7-11-3-6-21-14(11)12(8-13)9-19-4-1-10(2-5-19)15(17)18-20/h7-8,10,20H,1-6,9H2,(H2,17,18). The first-order valence-electron chi connectivity index (χ1n) is 7.31. The van der Waals surface area contributed by atoms with Crippen LogP contribution in [0, 0.1) is 5.92 Å². The third-order valence-electron chi connectivity index (χ3n) is 4.34. The highest BCUT2D eigenvalue weighted by Crippen LogP contribution is 2.34. The predicted octanol–water partition coefficient (Wildman–Crippen LogP) is 2.23. The lowest BCUT2D eigenvalue weighted by Crippen LogP contribution is -2.38. The Morgan fingerprint density at radius 1 is 1.43 bits per heavy atom. The van der Waals surface area contributed by atoms with Gasteiger partial charge in [0, 0.05) is 29.5 Å². The molecule has 0 saturated carbocycles. The fraction of sp³-hybridized carbons (Fsp3) is 0.533. The van der Waals surface area contributed by atoms with Crippen LogP contribution in [-0.2, 0) is 13.0 Å². The fourth-order valence-electron chi connectivity index (χ4n) is 3.17. The minimum absolute atomic E-state index is 0.188. The first-order chi connectivity index (χ1) is 10.2. The molecule has 6 heteroatoms. The van der Waals surface area contributed by atoms with E-state index in [2.05, 4.69) is 10.1 Å². The molecule has 1 aromatic rings. The van der Waals surface area contributed by atoms with Crippen molar-refractivity contribution in [3.8, 4) is 5.75 Å². The van der Waals surface area contributed by atoms with Crippen LogP contribution in [0.4, 0.5) is 0 Å². The molecule has 3 rings (SSSR count). The molecule has 2 heterocycles. The molecule has 21 heavy (non-hydrogen) atoms. The van der Waals surface area contributed by atoms with Gasteiger partial charge < -0.3 is 15.7 Å². The molecule has 2 aliphatic rings. The van der Waals surface area contributed by atoms with Gasteiger partial charge in [-0.3, -0.25) is 4.90 Å². The van der Waals surface area contributed by atoms with Crippen LogP contribution >= 0.6 is 11.6 Å². The molecule has 0 unspecified atom stereocenters. The highest BCUT2D eigenvalue weighted by molar-refractivity contribution is 6.30. The SMILES string of the molecule is N/C(=N/O)C1CCN(Cc2cc(Cl)cc3c2OCC3)CC1. The van der Waals surface area contributed by atoms with Crippen LogP contribution in [0.5, 0.6) is 5.75 Å². The zero-order valence-corrected chi connectivity index (χ0v) is 12.6. The number of oxime groups is 1. The number of rotatable bonds is 3. The maximum absolute atomic E-state index is 8.74. The van der Waals surface area contributed by atoms with E-state index in [0.29, 0.717) is 5.84 Å². The predicted molar refractivity (Wildman–Crippen MR) is 82.1 cm³/mol. The molecular weight excluding hydrogens is 290 g/mol. The van der Waals surface area contributed by atoms with E-state index >= 15 is 0 Å². The second-order valence-electron chi connectivity index (χ2n) is 5.73. The summed E-state index contributed by atoms with van der Waals surface area (Å²) >= 11 is 6.20. The Morgan fingerprint density at radius 3 is 2.90 bits per heavy atom. The van der Waals surface area contributed by atoms with Gasteiger partial charge in [-0.1, -0.05) is 16.8 Å². The molecule has 0 aliphatic carbocycles. The van der Waals surface area contributed by atoms with E-state index in [1.807, 2.05) is 12.1 Å². The molecule has 2 aliphatic heterocycles. The topological polar surface area (TPSA) is 71.1 Å². The Morgan fingerprint density at radius 2 is 2.19 bits per heavy atom. The number of likely N-dealkylation sites (tertiary alicyclic amines) is 1. The molecule has 0 radical (unpaired) electrons. The molecule has 0 aromatic heterocycles. The van der Waals surface area contributed by atoms with E-state index in [9.17, 15) is 0 Å². The summed E-state index contributed by atoms with van der Waals surface area (Å²) in [6.07, 6.45) is 2.77. The summed E-state index contributed by atoms with van der Waals surface area (Å²) in [6.45, 7) is 3.45. The fourth-order valence-corrected chi connectivity index (χ4v) is 3.44. The van der Waals surface area contributed by atoms with Gasteiger partial charge in [0.2, 0.25) is 0 Å². The highest BCUT2D eigenvalue weighted by Gasteiger charge is 2.24. The molecule has 0 atom stereocenters. The minimum Gasteiger partial charge on any atom is -0.493 e. The summed E-state index contributed by atoms with van der Waals surface area (Å²) in [4.78, 5) is 2.37. The zero-order chi connectivity index (χ0) is 14.8. The van der Waals surface area contributed by atoms with Crippen LogP contribution in [0.3, 0.4) is 0 Å². The number of nitrogens with zero attached hydrogens (tertiary/aromatic N) is 2. The van der Waals surface area contributed by atoms with Crippen LogP contribution in [0.2, 0.25) is 5.02 Å². The second-order valence-corrected chi connectivity index (χ2v) is 6.16. The lowest BCUT2D eigenvalue weighted by molar-refractivity contribution is 0.196. The lowest BCUT2D eigenvalue weighted by atomic mass is 9.95. The van der Waals surface area contributed by atoms with E-state index in [1.165, 1.54) is 5.56 Å². The number of amidine groups is 1. The molecule has 0 amide bonds. The second kappa shape index (κ2) is 6.12. The number of ether oxygens (including phenoxy) is 1. The molecule has 114 valence electrons. The van der Waals surface area contributed by atoms with Crippen LogP contribution in [-0.4, -0.2) is 35.6 Å². The number of piperidine rings is 1. The van der Waals surface area contributed by atoms with Gasteiger partial charge in [-0.25, -0.2) is 0 Å². The molecule has 0 spiro atoms. The number of benzene rings is 1. The zero-order valence-electron chi connectivity index (χ0n) is 11.9. The van der Waals surface area contributed by atoms with Crippen LogP contribution in [0.1, 0.15) is 24.0 Å². The average molecular weight is 310 g/mol. The highest BCUT2D eigenvalue weighted by atomic mass is 35.5. The van der Waals surface area contributed by atoms with E-state index in [4.69, 9.17) is 27.3 Å². The Hall–Kier alpha value is -1.46. The minimum atomic E-state index is 0.188. The van der Waals surface area contributed by atoms with E-state index in [-0.39, 0.29) is 5.92 Å². The smallest absolute Gasteiger partial charge is 0.142 e. The van der Waals surface area contributed by atoms with Gasteiger partial charge >= 0.3 is 0 Å². The van der Waals surface area contributed by atoms with Gasteiger partial charge in [0.25, 0.3) is 0 Å². The third-order valence-corrected chi connectivity index (χ3v) is 4.56. The van der Waals surface area contributed by atoms with Gasteiger partial charge in [0.1, 0.15) is 11.6 Å². The lowest BCUT2D eigenvalue weighted by Gasteiger charge is -2.31. The maximum Gasteiger partial charge on any atom is 0.142 e. The molecule has 5 nitrogen and oxygen atoms in total. The summed E-state index contributed by atoms with van der Waals surface area (Å²) in [6, 6.07) is 4.00.